The van der Waals surface area contributed by atoms with E-state index in [2.05, 4.69) is 30.6 Å². The van der Waals surface area contributed by atoms with E-state index >= 15 is 0 Å². The van der Waals surface area contributed by atoms with Crippen molar-refractivity contribution in [1.29, 1.82) is 0 Å². The summed E-state index contributed by atoms with van der Waals surface area (Å²) in [4.78, 5) is 0. The highest BCUT2D eigenvalue weighted by Gasteiger charge is 2.39. The summed E-state index contributed by atoms with van der Waals surface area (Å²) in [6.45, 7) is 0. The summed E-state index contributed by atoms with van der Waals surface area (Å²) < 4.78 is 5.32. The summed E-state index contributed by atoms with van der Waals surface area (Å²) in [5, 5.41) is 3.53. The van der Waals surface area contributed by atoms with Crippen LogP contribution >= 0.6 is 0 Å². The number of likely N-dealkylation sites (N-methyl/N-ethyl adjacent to an activating group) is 1. The normalized spacial score (nSPS) is 29.6. The van der Waals surface area contributed by atoms with Crippen LogP contribution in [0.1, 0.15) is 37.7 Å². The van der Waals surface area contributed by atoms with Gasteiger partial charge in [-0.1, -0.05) is 18.6 Å². The third-order valence-corrected chi connectivity index (χ3v) is 5.50. The van der Waals surface area contributed by atoms with Gasteiger partial charge < -0.3 is 10.1 Å². The largest absolute Gasteiger partial charge is 0.497 e. The van der Waals surface area contributed by atoms with Crippen molar-refractivity contribution in [2.45, 2.75) is 44.6 Å². The summed E-state index contributed by atoms with van der Waals surface area (Å²) in [7, 11) is 3.85. The summed E-state index contributed by atoms with van der Waals surface area (Å²) in [5.41, 5.74) is 1.38. The molecule has 2 heteroatoms. The van der Waals surface area contributed by atoms with Gasteiger partial charge in [0.25, 0.3) is 0 Å². The molecule has 0 saturated heterocycles. The van der Waals surface area contributed by atoms with E-state index < -0.39 is 0 Å². The van der Waals surface area contributed by atoms with Gasteiger partial charge >= 0.3 is 0 Å². The molecule has 4 unspecified atom stereocenters. The molecule has 2 aliphatic carbocycles. The lowest BCUT2D eigenvalue weighted by Gasteiger charge is -2.26. The van der Waals surface area contributed by atoms with E-state index in [0.717, 1.165) is 29.9 Å². The molecule has 4 atom stereocenters. The second-order valence-electron chi connectivity index (χ2n) is 6.71. The minimum atomic E-state index is 0.603. The molecule has 0 heterocycles. The van der Waals surface area contributed by atoms with Gasteiger partial charge in [0.1, 0.15) is 5.75 Å². The number of fused-ring (bicyclic) bond motifs is 2. The fourth-order valence-corrected chi connectivity index (χ4v) is 4.42. The fourth-order valence-electron chi connectivity index (χ4n) is 4.42. The smallest absolute Gasteiger partial charge is 0.119 e. The van der Waals surface area contributed by atoms with E-state index in [1.165, 1.54) is 37.7 Å². The Labute approximate surface area is 122 Å². The maximum absolute atomic E-state index is 5.32. The molecule has 0 aromatic heterocycles. The van der Waals surface area contributed by atoms with Crippen molar-refractivity contribution in [3.8, 4) is 5.75 Å². The predicted octanol–water partition coefficient (Wildman–Crippen LogP) is 3.65. The first-order chi connectivity index (χ1) is 9.78. The van der Waals surface area contributed by atoms with E-state index in [-0.39, 0.29) is 0 Å². The molecule has 20 heavy (non-hydrogen) atoms. The highest BCUT2D eigenvalue weighted by Crippen LogP contribution is 2.49. The lowest BCUT2D eigenvalue weighted by Crippen LogP contribution is -2.31. The number of rotatable bonds is 6. The van der Waals surface area contributed by atoms with E-state index in [1.807, 2.05) is 6.07 Å². The molecule has 2 fully saturated rings. The standard InChI is InChI=1S/C18H27NO/c1-19-17(10-13-4-3-5-18(11-13)20-2)12-16-9-14-6-7-15(16)8-14/h3-5,11,14-17,19H,6-10,12H2,1-2H3. The Morgan fingerprint density at radius 3 is 2.85 bits per heavy atom. The van der Waals surface area contributed by atoms with Crippen LogP contribution in [0.3, 0.4) is 0 Å². The summed E-state index contributed by atoms with van der Waals surface area (Å²) >= 11 is 0. The molecule has 2 nitrogen and oxygen atoms in total. The molecule has 2 saturated carbocycles. The van der Waals surface area contributed by atoms with Crippen LogP contribution in [0.25, 0.3) is 0 Å². The number of nitrogens with one attached hydrogen (secondary N) is 1. The monoisotopic (exact) mass is 273 g/mol. The molecule has 1 aromatic rings. The van der Waals surface area contributed by atoms with Gasteiger partial charge in [-0.15, -0.1) is 0 Å². The number of hydrogen-bond donors (Lipinski definition) is 1. The molecule has 1 aromatic carbocycles. The van der Waals surface area contributed by atoms with Gasteiger partial charge in [-0.05, 0) is 74.6 Å². The van der Waals surface area contributed by atoms with E-state index in [1.54, 1.807) is 7.11 Å². The van der Waals surface area contributed by atoms with Crippen LogP contribution in [0.15, 0.2) is 24.3 Å². The van der Waals surface area contributed by atoms with Crippen molar-refractivity contribution >= 4 is 0 Å². The first kappa shape index (κ1) is 13.9. The average molecular weight is 273 g/mol. The average Bonchev–Trinajstić information content (AvgIpc) is 3.09. The van der Waals surface area contributed by atoms with Crippen LogP contribution < -0.4 is 10.1 Å². The van der Waals surface area contributed by atoms with Gasteiger partial charge in [-0.2, -0.15) is 0 Å². The molecular weight excluding hydrogens is 246 g/mol. The molecule has 2 aliphatic rings. The lowest BCUT2D eigenvalue weighted by atomic mass is 9.83. The highest BCUT2D eigenvalue weighted by molar-refractivity contribution is 5.29. The first-order valence-electron chi connectivity index (χ1n) is 8.08. The SMILES string of the molecule is CNC(Cc1cccc(OC)c1)CC1CC2CCC1C2. The lowest BCUT2D eigenvalue weighted by molar-refractivity contribution is 0.281. The Kier molecular flexibility index (Phi) is 4.30. The molecule has 0 spiro atoms. The van der Waals surface area contributed by atoms with Gasteiger partial charge in [-0.25, -0.2) is 0 Å². The molecular formula is C18H27NO. The zero-order chi connectivity index (χ0) is 13.9. The van der Waals surface area contributed by atoms with Gasteiger partial charge in [-0.3, -0.25) is 0 Å². The quantitative estimate of drug-likeness (QED) is 0.854. The van der Waals surface area contributed by atoms with Crippen LogP contribution in [0.5, 0.6) is 5.75 Å². The zero-order valence-corrected chi connectivity index (χ0v) is 12.8. The second kappa shape index (κ2) is 6.17. The van der Waals surface area contributed by atoms with Crippen molar-refractivity contribution in [1.82, 2.24) is 5.32 Å². The first-order valence-corrected chi connectivity index (χ1v) is 8.08. The third-order valence-electron chi connectivity index (χ3n) is 5.50. The summed E-state index contributed by atoms with van der Waals surface area (Å²) in [6, 6.07) is 9.11. The topological polar surface area (TPSA) is 21.3 Å². The van der Waals surface area contributed by atoms with Crippen LogP contribution in [0.2, 0.25) is 0 Å². The molecule has 0 radical (unpaired) electrons. The minimum absolute atomic E-state index is 0.603. The van der Waals surface area contributed by atoms with Crippen molar-refractivity contribution in [2.24, 2.45) is 17.8 Å². The Bertz CT molecular complexity index is 445. The second-order valence-corrected chi connectivity index (χ2v) is 6.71. The van der Waals surface area contributed by atoms with E-state index in [9.17, 15) is 0 Å². The van der Waals surface area contributed by atoms with Crippen molar-refractivity contribution in [3.63, 3.8) is 0 Å². The van der Waals surface area contributed by atoms with Crippen molar-refractivity contribution < 1.29 is 4.74 Å². The molecule has 2 bridgehead atoms. The maximum atomic E-state index is 5.32. The Morgan fingerprint density at radius 2 is 2.20 bits per heavy atom. The van der Waals surface area contributed by atoms with Gasteiger partial charge in [0, 0.05) is 6.04 Å². The zero-order valence-electron chi connectivity index (χ0n) is 12.8. The Morgan fingerprint density at radius 1 is 1.30 bits per heavy atom. The summed E-state index contributed by atoms with van der Waals surface area (Å²) in [6.07, 6.45) is 8.45. The molecule has 110 valence electrons. The highest BCUT2D eigenvalue weighted by atomic mass is 16.5. The Balaban J connectivity index is 1.59. The van der Waals surface area contributed by atoms with Gasteiger partial charge in [0.15, 0.2) is 0 Å². The third kappa shape index (κ3) is 3.01. The van der Waals surface area contributed by atoms with Crippen molar-refractivity contribution in [3.05, 3.63) is 29.8 Å². The van der Waals surface area contributed by atoms with Crippen LogP contribution in [-0.2, 0) is 6.42 Å². The number of ether oxygens (including phenoxy) is 1. The molecule has 3 rings (SSSR count). The minimum Gasteiger partial charge on any atom is -0.497 e. The van der Waals surface area contributed by atoms with Gasteiger partial charge in [0.2, 0.25) is 0 Å². The molecule has 1 N–H and O–H groups in total. The van der Waals surface area contributed by atoms with E-state index in [4.69, 9.17) is 4.74 Å². The van der Waals surface area contributed by atoms with Crippen molar-refractivity contribution in [2.75, 3.05) is 14.2 Å². The molecule has 0 amide bonds. The number of benzene rings is 1. The number of hydrogen-bond acceptors (Lipinski definition) is 2. The fraction of sp³-hybridized carbons (Fsp3) is 0.667. The molecule has 0 aliphatic heterocycles. The maximum Gasteiger partial charge on any atom is 0.119 e. The number of methoxy groups -OCH3 is 1. The predicted molar refractivity (Wildman–Crippen MR) is 83.1 cm³/mol. The Hall–Kier alpha value is -1.02. The van der Waals surface area contributed by atoms with Crippen LogP contribution in [-0.4, -0.2) is 20.2 Å². The van der Waals surface area contributed by atoms with Crippen LogP contribution in [0, 0.1) is 17.8 Å². The summed E-state index contributed by atoms with van der Waals surface area (Å²) in [5.74, 6) is 4.02. The van der Waals surface area contributed by atoms with Gasteiger partial charge in [0.05, 0.1) is 7.11 Å². The van der Waals surface area contributed by atoms with E-state index in [0.29, 0.717) is 6.04 Å². The van der Waals surface area contributed by atoms with Crippen LogP contribution in [0.4, 0.5) is 0 Å².